The molecule has 4 nitrogen and oxygen atoms in total. The minimum Gasteiger partial charge on any atom is -0.373 e. The molecule has 0 aliphatic carbocycles. The first kappa shape index (κ1) is 13.1. The Labute approximate surface area is 110 Å². The van der Waals surface area contributed by atoms with Gasteiger partial charge in [-0.15, -0.1) is 0 Å². The van der Waals surface area contributed by atoms with Crippen molar-refractivity contribution in [3.05, 3.63) is 11.9 Å². The van der Waals surface area contributed by atoms with E-state index < -0.39 is 0 Å². The molecule has 1 N–H and O–H groups in total. The fourth-order valence-electron chi connectivity index (χ4n) is 2.53. The lowest BCUT2D eigenvalue weighted by molar-refractivity contribution is 0.480. The van der Waals surface area contributed by atoms with Gasteiger partial charge in [-0.3, -0.25) is 0 Å². The van der Waals surface area contributed by atoms with E-state index in [0.717, 1.165) is 36.8 Å². The number of hydrogen-bond acceptors (Lipinski definition) is 4. The van der Waals surface area contributed by atoms with Crippen molar-refractivity contribution in [3.63, 3.8) is 0 Å². The summed E-state index contributed by atoms with van der Waals surface area (Å²) in [6, 6.07) is 2.66. The molecule has 1 aliphatic heterocycles. The third-order valence-corrected chi connectivity index (χ3v) is 3.59. The molecule has 1 fully saturated rings. The molecule has 100 valence electrons. The van der Waals surface area contributed by atoms with Crippen LogP contribution in [-0.2, 0) is 6.42 Å². The van der Waals surface area contributed by atoms with Crippen molar-refractivity contribution < 1.29 is 0 Å². The summed E-state index contributed by atoms with van der Waals surface area (Å²) in [4.78, 5) is 11.7. The molecule has 0 bridgehead atoms. The van der Waals surface area contributed by atoms with Crippen molar-refractivity contribution in [3.8, 4) is 0 Å². The molecule has 1 aliphatic rings. The Balaban J connectivity index is 2.27. The molecule has 1 aromatic rings. The van der Waals surface area contributed by atoms with Crippen LogP contribution in [0.4, 0.5) is 11.6 Å². The Hall–Kier alpha value is -1.32. The van der Waals surface area contributed by atoms with Gasteiger partial charge in [-0.2, -0.15) is 0 Å². The highest BCUT2D eigenvalue weighted by Crippen LogP contribution is 2.24. The second kappa shape index (κ2) is 6.03. The molecule has 18 heavy (non-hydrogen) atoms. The molecule has 1 saturated heterocycles. The molecule has 1 aromatic heterocycles. The number of piperidine rings is 1. The SMILES string of the molecule is CCCc1nc(NC)cc(N2CCCCC2C)n1. The topological polar surface area (TPSA) is 41.1 Å². The van der Waals surface area contributed by atoms with E-state index in [1.807, 2.05) is 7.05 Å². The number of nitrogens with zero attached hydrogens (tertiary/aromatic N) is 3. The fourth-order valence-corrected chi connectivity index (χ4v) is 2.53. The number of aromatic nitrogens is 2. The molecule has 2 heterocycles. The lowest BCUT2D eigenvalue weighted by Gasteiger charge is -2.34. The average Bonchev–Trinajstić information content (AvgIpc) is 2.39. The first-order valence-corrected chi connectivity index (χ1v) is 7.07. The summed E-state index contributed by atoms with van der Waals surface area (Å²) in [6.07, 6.45) is 5.91. The van der Waals surface area contributed by atoms with E-state index in [1.54, 1.807) is 0 Å². The molecule has 1 atom stereocenters. The lowest BCUT2D eigenvalue weighted by Crippen LogP contribution is -2.38. The monoisotopic (exact) mass is 248 g/mol. The van der Waals surface area contributed by atoms with Crippen molar-refractivity contribution in [1.29, 1.82) is 0 Å². The molecule has 0 spiro atoms. The van der Waals surface area contributed by atoms with Crippen LogP contribution in [0.15, 0.2) is 6.07 Å². The summed E-state index contributed by atoms with van der Waals surface area (Å²) >= 11 is 0. The Morgan fingerprint density at radius 3 is 2.89 bits per heavy atom. The number of rotatable bonds is 4. The molecule has 0 radical (unpaired) electrons. The minimum absolute atomic E-state index is 0.591. The molecule has 1 unspecified atom stereocenters. The molecule has 0 aromatic carbocycles. The maximum Gasteiger partial charge on any atom is 0.134 e. The molecular formula is C14H24N4. The van der Waals surface area contributed by atoms with Crippen LogP contribution in [-0.4, -0.2) is 29.6 Å². The van der Waals surface area contributed by atoms with E-state index in [4.69, 9.17) is 4.98 Å². The molecule has 0 amide bonds. The largest absolute Gasteiger partial charge is 0.373 e. The molecule has 0 saturated carbocycles. The smallest absolute Gasteiger partial charge is 0.134 e. The predicted molar refractivity (Wildman–Crippen MR) is 76.2 cm³/mol. The van der Waals surface area contributed by atoms with E-state index in [2.05, 4.69) is 35.1 Å². The van der Waals surface area contributed by atoms with Crippen LogP contribution in [0.2, 0.25) is 0 Å². The Morgan fingerprint density at radius 2 is 2.22 bits per heavy atom. The standard InChI is InChI=1S/C14H24N4/c1-4-7-12-16-13(15-3)10-14(17-12)18-9-6-5-8-11(18)2/h10-11H,4-9H2,1-3H3,(H,15,16,17). The molecular weight excluding hydrogens is 224 g/mol. The van der Waals surface area contributed by atoms with Gasteiger partial charge in [0.05, 0.1) is 0 Å². The average molecular weight is 248 g/mol. The fraction of sp³-hybridized carbons (Fsp3) is 0.714. The van der Waals surface area contributed by atoms with E-state index in [0.29, 0.717) is 6.04 Å². The van der Waals surface area contributed by atoms with Gasteiger partial charge in [0, 0.05) is 32.1 Å². The number of anilines is 2. The van der Waals surface area contributed by atoms with Gasteiger partial charge in [0.1, 0.15) is 17.5 Å². The van der Waals surface area contributed by atoms with Crippen LogP contribution < -0.4 is 10.2 Å². The number of aryl methyl sites for hydroxylation is 1. The van der Waals surface area contributed by atoms with Crippen LogP contribution in [0.1, 0.15) is 45.4 Å². The summed E-state index contributed by atoms with van der Waals surface area (Å²) < 4.78 is 0. The van der Waals surface area contributed by atoms with Gasteiger partial charge in [0.2, 0.25) is 0 Å². The highest BCUT2D eigenvalue weighted by molar-refractivity contribution is 5.50. The Kier molecular flexibility index (Phi) is 4.39. The van der Waals surface area contributed by atoms with Gasteiger partial charge in [0.25, 0.3) is 0 Å². The second-order valence-electron chi connectivity index (χ2n) is 5.07. The lowest BCUT2D eigenvalue weighted by atomic mass is 10.0. The normalized spacial score (nSPS) is 19.9. The molecule has 2 rings (SSSR count). The third kappa shape index (κ3) is 2.92. The molecule has 4 heteroatoms. The van der Waals surface area contributed by atoms with E-state index in [-0.39, 0.29) is 0 Å². The summed E-state index contributed by atoms with van der Waals surface area (Å²) in [5.74, 6) is 2.98. The van der Waals surface area contributed by atoms with Crippen molar-refractivity contribution in [1.82, 2.24) is 9.97 Å². The predicted octanol–water partition coefficient (Wildman–Crippen LogP) is 2.85. The highest BCUT2D eigenvalue weighted by atomic mass is 15.2. The first-order valence-electron chi connectivity index (χ1n) is 7.07. The van der Waals surface area contributed by atoms with Gasteiger partial charge in [-0.05, 0) is 32.6 Å². The summed E-state index contributed by atoms with van der Waals surface area (Å²) in [5.41, 5.74) is 0. The van der Waals surface area contributed by atoms with Crippen LogP contribution in [0.3, 0.4) is 0 Å². The van der Waals surface area contributed by atoms with Crippen molar-refractivity contribution >= 4 is 11.6 Å². The maximum absolute atomic E-state index is 4.72. The number of nitrogens with one attached hydrogen (secondary N) is 1. The summed E-state index contributed by atoms with van der Waals surface area (Å²) in [7, 11) is 1.92. The second-order valence-corrected chi connectivity index (χ2v) is 5.07. The van der Waals surface area contributed by atoms with Crippen molar-refractivity contribution in [2.24, 2.45) is 0 Å². The zero-order valence-corrected chi connectivity index (χ0v) is 11.7. The van der Waals surface area contributed by atoms with Gasteiger partial charge in [-0.25, -0.2) is 9.97 Å². The van der Waals surface area contributed by atoms with Crippen LogP contribution in [0, 0.1) is 0 Å². The van der Waals surface area contributed by atoms with Gasteiger partial charge in [-0.1, -0.05) is 6.92 Å². The van der Waals surface area contributed by atoms with E-state index in [1.165, 1.54) is 19.3 Å². The van der Waals surface area contributed by atoms with Crippen molar-refractivity contribution in [2.75, 3.05) is 23.8 Å². The Bertz CT molecular complexity index is 391. The zero-order chi connectivity index (χ0) is 13.0. The van der Waals surface area contributed by atoms with Gasteiger partial charge in [0.15, 0.2) is 0 Å². The van der Waals surface area contributed by atoms with E-state index >= 15 is 0 Å². The summed E-state index contributed by atoms with van der Waals surface area (Å²) in [5, 5.41) is 3.14. The highest BCUT2D eigenvalue weighted by Gasteiger charge is 2.20. The zero-order valence-electron chi connectivity index (χ0n) is 11.7. The summed E-state index contributed by atoms with van der Waals surface area (Å²) in [6.45, 7) is 5.57. The van der Waals surface area contributed by atoms with Crippen LogP contribution >= 0.6 is 0 Å². The Morgan fingerprint density at radius 1 is 1.39 bits per heavy atom. The van der Waals surface area contributed by atoms with Crippen LogP contribution in [0.5, 0.6) is 0 Å². The van der Waals surface area contributed by atoms with E-state index in [9.17, 15) is 0 Å². The van der Waals surface area contributed by atoms with Gasteiger partial charge >= 0.3 is 0 Å². The quantitative estimate of drug-likeness (QED) is 0.889. The van der Waals surface area contributed by atoms with Gasteiger partial charge < -0.3 is 10.2 Å². The third-order valence-electron chi connectivity index (χ3n) is 3.59. The van der Waals surface area contributed by atoms with Crippen LogP contribution in [0.25, 0.3) is 0 Å². The number of hydrogen-bond donors (Lipinski definition) is 1. The minimum atomic E-state index is 0.591. The maximum atomic E-state index is 4.72. The van der Waals surface area contributed by atoms with Crippen molar-refractivity contribution in [2.45, 2.75) is 52.0 Å². The first-order chi connectivity index (χ1) is 8.74.